The Labute approximate surface area is 529 Å². The van der Waals surface area contributed by atoms with Crippen LogP contribution in [0.15, 0.2) is 121 Å². The molecule has 8 aromatic rings. The van der Waals surface area contributed by atoms with Gasteiger partial charge in [-0.1, -0.05) is 50.7 Å². The summed E-state index contributed by atoms with van der Waals surface area (Å²) in [5.74, 6) is 0.986. The zero-order chi connectivity index (χ0) is 64.7. The normalized spacial score (nSPS) is 14.6. The maximum absolute atomic E-state index is 13.6. The van der Waals surface area contributed by atoms with Gasteiger partial charge in [0.2, 0.25) is 5.91 Å². The van der Waals surface area contributed by atoms with Gasteiger partial charge in [-0.15, -0.1) is 0 Å². The number of nitrogens with zero attached hydrogens (tertiary/aromatic N) is 2. The molecule has 0 unspecified atom stereocenters. The van der Waals surface area contributed by atoms with Gasteiger partial charge in [0.15, 0.2) is 0 Å². The van der Waals surface area contributed by atoms with Crippen LogP contribution in [0.5, 0.6) is 23.0 Å². The Balaban J connectivity index is 0.000000175. The number of aromatic nitrogens is 2. The second-order valence-corrected chi connectivity index (χ2v) is 24.5. The number of aliphatic carboxylic acids is 1. The lowest BCUT2D eigenvalue weighted by Gasteiger charge is -2.25. The monoisotopic (exact) mass is 1240 g/mol. The first-order chi connectivity index (χ1) is 43.7. The third-order valence-corrected chi connectivity index (χ3v) is 17.6. The number of nitrogens with one attached hydrogen (secondary N) is 3. The van der Waals surface area contributed by atoms with E-state index in [0.29, 0.717) is 71.8 Å². The molecule has 0 radical (unpaired) electrons. The Hall–Kier alpha value is -9.78. The second-order valence-electron chi connectivity index (χ2n) is 24.5. The number of carboxylic acids is 1. The average molecular weight is 1240 g/mol. The van der Waals surface area contributed by atoms with Crippen LogP contribution in [0, 0.1) is 0 Å². The Morgan fingerprint density at radius 1 is 0.516 bits per heavy atom. The van der Waals surface area contributed by atoms with Gasteiger partial charge in [0.1, 0.15) is 47.3 Å². The van der Waals surface area contributed by atoms with Crippen molar-refractivity contribution < 1.29 is 62.3 Å². The van der Waals surface area contributed by atoms with E-state index in [4.69, 9.17) is 29.4 Å². The van der Waals surface area contributed by atoms with Crippen molar-refractivity contribution in [3.8, 4) is 45.5 Å². The average Bonchev–Trinajstić information content (AvgIpc) is 1.59. The topological polar surface area (TPSA) is 250 Å². The number of carbonyl (C=O) groups is 6. The van der Waals surface area contributed by atoms with Crippen LogP contribution in [0.1, 0.15) is 156 Å². The lowest BCUT2D eigenvalue weighted by molar-refractivity contribution is -0.143. The first-order valence-corrected chi connectivity index (χ1v) is 31.0. The fraction of sp³-hybridized carbons (Fsp3) is 0.361. The maximum atomic E-state index is 13.6. The molecule has 91 heavy (non-hydrogen) atoms. The summed E-state index contributed by atoms with van der Waals surface area (Å²) in [6.07, 6.45) is 11.9. The number of ether oxygens (including phenoxy) is 6. The van der Waals surface area contributed by atoms with Crippen molar-refractivity contribution in [1.29, 1.82) is 0 Å². The van der Waals surface area contributed by atoms with Crippen LogP contribution >= 0.6 is 0 Å². The number of hydrogen-bond acceptors (Lipinski definition) is 13. The van der Waals surface area contributed by atoms with E-state index in [1.165, 1.54) is 77.7 Å². The van der Waals surface area contributed by atoms with Gasteiger partial charge in [-0.2, -0.15) is 0 Å². The summed E-state index contributed by atoms with van der Waals surface area (Å²) in [5.41, 5.74) is 14.8. The zero-order valence-electron chi connectivity index (χ0n) is 52.9. The molecule has 4 heterocycles. The van der Waals surface area contributed by atoms with Gasteiger partial charge < -0.3 is 64.3 Å². The van der Waals surface area contributed by atoms with Crippen molar-refractivity contribution in [2.75, 3.05) is 52.7 Å². The fourth-order valence-electron chi connectivity index (χ4n) is 12.7. The molecule has 2 saturated carbocycles. The molecule has 476 valence electrons. The van der Waals surface area contributed by atoms with Crippen molar-refractivity contribution in [1.82, 2.24) is 19.8 Å². The molecule has 0 atom stereocenters. The first-order valence-electron chi connectivity index (χ1n) is 31.0. The van der Waals surface area contributed by atoms with Crippen LogP contribution in [-0.4, -0.2) is 103 Å². The van der Waals surface area contributed by atoms with E-state index in [0.717, 1.165) is 93.0 Å². The highest BCUT2D eigenvalue weighted by Crippen LogP contribution is 2.50. The number of carboxylic acid groups (broad SMARTS) is 1. The van der Waals surface area contributed by atoms with Crippen LogP contribution in [0.3, 0.4) is 0 Å². The molecule has 0 saturated heterocycles. The summed E-state index contributed by atoms with van der Waals surface area (Å²) in [4.78, 5) is 74.0. The number of amides is 3. The molecule has 19 nitrogen and oxygen atoms in total. The Kier molecular flexibility index (Phi) is 19.4. The van der Waals surface area contributed by atoms with Gasteiger partial charge in [-0.25, -0.2) is 14.4 Å². The third-order valence-electron chi connectivity index (χ3n) is 17.6. The minimum absolute atomic E-state index is 0.343. The summed E-state index contributed by atoms with van der Waals surface area (Å²) in [5, 5.41) is 20.1. The van der Waals surface area contributed by atoms with Crippen molar-refractivity contribution in [2.45, 2.75) is 128 Å². The van der Waals surface area contributed by atoms with Gasteiger partial charge in [0.05, 0.1) is 64.0 Å². The summed E-state index contributed by atoms with van der Waals surface area (Å²) < 4.78 is 37.1. The first kappa shape index (κ1) is 64.2. The molecule has 2 aromatic heterocycles. The molecular weight excluding hydrogens is 1160 g/mol. The molecule has 12 rings (SSSR count). The predicted molar refractivity (Wildman–Crippen MR) is 350 cm³/mol. The molecule has 2 aliphatic carbocycles. The van der Waals surface area contributed by atoms with Crippen molar-refractivity contribution >= 4 is 68.8 Å². The Bertz CT molecular complexity index is 4040. The predicted octanol–water partition coefficient (Wildman–Crippen LogP) is 13.1. The minimum Gasteiger partial charge on any atom is -0.497 e. The number of carbonyl (C=O) groups excluding carboxylic acids is 5. The van der Waals surface area contributed by atoms with Crippen molar-refractivity contribution in [3.63, 3.8) is 0 Å². The van der Waals surface area contributed by atoms with Gasteiger partial charge in [-0.05, 0) is 173 Å². The molecular formula is C72H80N6O13. The van der Waals surface area contributed by atoms with Crippen molar-refractivity contribution in [2.24, 2.45) is 0 Å². The number of anilines is 2. The molecule has 6 aromatic carbocycles. The summed E-state index contributed by atoms with van der Waals surface area (Å²) in [6, 6.07) is 36.5. The second kappa shape index (κ2) is 27.5. The number of hydrogen-bond donors (Lipinski definition) is 5. The number of methoxy groups -OCH3 is 4. The SMILES string of the molecule is COC(=O)c1ccc(N)cc1.COC(=O)c1ccc(NC(=O)C(C)(C)NC(=O)c2ccc3c(C4CCCCC4)c4n(c3c2)CCOc2cc(OC)ccc2-4)cc1.COc1ccc2c(c1)OCCn1c-2c(C2CCCCC2)c2ccc(C(=O)NC(C)(C)C(=O)O)cc21. The fourth-order valence-corrected chi connectivity index (χ4v) is 12.7. The zero-order valence-corrected chi connectivity index (χ0v) is 52.9. The molecule has 2 fully saturated rings. The summed E-state index contributed by atoms with van der Waals surface area (Å²) in [6.45, 7) is 8.58. The summed E-state index contributed by atoms with van der Waals surface area (Å²) >= 11 is 0. The minimum atomic E-state index is -1.36. The van der Waals surface area contributed by atoms with Crippen LogP contribution < -0.4 is 40.6 Å². The number of nitrogens with two attached hydrogens (primary N) is 1. The number of esters is 2. The number of benzene rings is 6. The lowest BCUT2D eigenvalue weighted by Crippen LogP contribution is -2.52. The van der Waals surface area contributed by atoms with Crippen LogP contribution in [0.2, 0.25) is 0 Å². The lowest BCUT2D eigenvalue weighted by atomic mass is 9.81. The standard InChI is InChI=1S/C36H39N3O6.C28H32N2O5.C8H9NO2/c1-36(2,35(42)37-25-13-10-23(11-14-25)34(41)44-4)38-33(40)24-12-16-27-29(20-24)39-18-19-45-30-21-26(43-3)15-17-28(30)32(39)31(27)22-8-6-5-7-9-22;1-28(2,27(32)33)29-26(31)18-9-11-20-22(15-18)30-13-14-35-23-16-19(34-3)10-12-21(23)25(30)24(20)17-7-5-4-6-8-17;1-11-8(10)6-2-4-7(9)5-3-6/h10-17,20-22H,5-9,18-19H2,1-4H3,(H,37,42)(H,38,40);9-12,15-17H,4-8,13-14H2,1-3H3,(H,29,31)(H,32,33);2-5H,9H2,1H3. The van der Waals surface area contributed by atoms with E-state index >= 15 is 0 Å². The van der Waals surface area contributed by atoms with Crippen molar-refractivity contribution in [3.05, 3.63) is 155 Å². The number of rotatable bonds is 13. The molecule has 6 N–H and O–H groups in total. The van der Waals surface area contributed by atoms with Gasteiger partial charge >= 0.3 is 17.9 Å². The highest BCUT2D eigenvalue weighted by Gasteiger charge is 2.35. The molecule has 0 spiro atoms. The largest absolute Gasteiger partial charge is 0.497 e. The maximum Gasteiger partial charge on any atom is 0.337 e. The van der Waals surface area contributed by atoms with E-state index < -0.39 is 28.9 Å². The van der Waals surface area contributed by atoms with E-state index in [2.05, 4.69) is 48.0 Å². The smallest absolute Gasteiger partial charge is 0.337 e. The number of nitrogen functional groups attached to an aromatic ring is 1. The van der Waals surface area contributed by atoms with E-state index in [9.17, 15) is 33.9 Å². The van der Waals surface area contributed by atoms with E-state index in [1.807, 2.05) is 54.6 Å². The Morgan fingerprint density at radius 2 is 0.923 bits per heavy atom. The van der Waals surface area contributed by atoms with Gasteiger partial charge in [0.25, 0.3) is 11.8 Å². The Morgan fingerprint density at radius 3 is 1.33 bits per heavy atom. The van der Waals surface area contributed by atoms with Crippen LogP contribution in [-0.2, 0) is 32.2 Å². The molecule has 4 aliphatic rings. The highest BCUT2D eigenvalue weighted by molar-refractivity contribution is 6.06. The van der Waals surface area contributed by atoms with Gasteiger partial charge in [-0.3, -0.25) is 14.4 Å². The van der Waals surface area contributed by atoms with E-state index in [-0.39, 0.29) is 17.8 Å². The van der Waals surface area contributed by atoms with Gasteiger partial charge in [0, 0.05) is 67.6 Å². The number of fused-ring (bicyclic) bond motifs is 10. The quantitative estimate of drug-likeness (QED) is 0.0532. The molecule has 3 amide bonds. The molecule has 19 heteroatoms. The van der Waals surface area contributed by atoms with E-state index in [1.54, 1.807) is 76.6 Å². The summed E-state index contributed by atoms with van der Waals surface area (Å²) in [7, 11) is 5.97. The molecule has 2 aliphatic heterocycles. The van der Waals surface area contributed by atoms with Crippen LogP contribution in [0.4, 0.5) is 11.4 Å². The molecule has 0 bridgehead atoms. The highest BCUT2D eigenvalue weighted by atomic mass is 16.5. The third kappa shape index (κ3) is 13.9. The van der Waals surface area contributed by atoms with Crippen LogP contribution in [0.25, 0.3) is 44.3 Å².